The summed E-state index contributed by atoms with van der Waals surface area (Å²) in [4.78, 5) is 11.9. The van der Waals surface area contributed by atoms with Crippen LogP contribution in [0, 0.1) is 0 Å². The lowest BCUT2D eigenvalue weighted by Crippen LogP contribution is -2.26. The fourth-order valence-corrected chi connectivity index (χ4v) is 2.10. The highest BCUT2D eigenvalue weighted by atomic mass is 35.5. The third-order valence-electron chi connectivity index (χ3n) is 3.26. The summed E-state index contributed by atoms with van der Waals surface area (Å²) in [6.07, 6.45) is 0.682. The lowest BCUT2D eigenvalue weighted by molar-refractivity contribution is -0.123. The summed E-state index contributed by atoms with van der Waals surface area (Å²) in [5.41, 5.74) is 4.19. The molecule has 0 spiro atoms. The molecule has 24 heavy (non-hydrogen) atoms. The summed E-state index contributed by atoms with van der Waals surface area (Å²) in [5, 5.41) is 4.81. The first-order chi connectivity index (χ1) is 11.6. The van der Waals surface area contributed by atoms with Gasteiger partial charge in [-0.15, -0.1) is 0 Å². The molecule has 5 nitrogen and oxygen atoms in total. The number of nitrogens with zero attached hydrogens (tertiary/aromatic N) is 1. The van der Waals surface area contributed by atoms with Gasteiger partial charge in [0.05, 0.1) is 12.8 Å². The summed E-state index contributed by atoms with van der Waals surface area (Å²) in [6.45, 7) is 1.85. The number of benzene rings is 2. The van der Waals surface area contributed by atoms with Gasteiger partial charge in [0.25, 0.3) is 5.91 Å². The van der Waals surface area contributed by atoms with Crippen molar-refractivity contribution in [3.8, 4) is 11.5 Å². The summed E-state index contributed by atoms with van der Waals surface area (Å²) < 4.78 is 10.5. The topological polar surface area (TPSA) is 59.9 Å². The van der Waals surface area contributed by atoms with E-state index in [0.717, 1.165) is 17.0 Å². The summed E-state index contributed by atoms with van der Waals surface area (Å²) >= 11 is 5.87. The van der Waals surface area contributed by atoms with E-state index in [9.17, 15) is 4.79 Å². The van der Waals surface area contributed by atoms with E-state index in [-0.39, 0.29) is 12.5 Å². The molecule has 0 radical (unpaired) electrons. The number of rotatable bonds is 7. The fourth-order valence-electron chi connectivity index (χ4n) is 1.97. The summed E-state index contributed by atoms with van der Waals surface area (Å²) in [5.74, 6) is 0.987. The van der Waals surface area contributed by atoms with Crippen molar-refractivity contribution in [2.75, 3.05) is 13.7 Å². The number of methoxy groups -OCH3 is 1. The van der Waals surface area contributed by atoms with E-state index in [1.807, 2.05) is 19.1 Å². The maximum atomic E-state index is 11.9. The smallest absolute Gasteiger partial charge is 0.277 e. The molecule has 2 aromatic carbocycles. The Hall–Kier alpha value is -2.53. The number of halogens is 1. The molecule has 0 unspecified atom stereocenters. The Morgan fingerprint density at radius 2 is 1.71 bits per heavy atom. The number of carbonyl (C=O) groups excluding carboxylic acids is 1. The van der Waals surface area contributed by atoms with E-state index >= 15 is 0 Å². The molecule has 0 bridgehead atoms. The van der Waals surface area contributed by atoms with Crippen molar-refractivity contribution in [2.45, 2.75) is 13.3 Å². The predicted molar refractivity (Wildman–Crippen MR) is 94.9 cm³/mol. The SMILES string of the molecule is CC/C(=N\NC(=O)COc1ccc(OC)cc1)c1ccc(Cl)cc1. The molecular formula is C18H19ClN2O3. The number of hydrogen-bond acceptors (Lipinski definition) is 4. The van der Waals surface area contributed by atoms with E-state index < -0.39 is 0 Å². The molecule has 126 valence electrons. The van der Waals surface area contributed by atoms with Crippen molar-refractivity contribution in [1.82, 2.24) is 5.43 Å². The van der Waals surface area contributed by atoms with Crippen LogP contribution in [0.25, 0.3) is 0 Å². The monoisotopic (exact) mass is 346 g/mol. The zero-order valence-corrected chi connectivity index (χ0v) is 14.3. The molecule has 0 aliphatic carbocycles. The van der Waals surface area contributed by atoms with Gasteiger partial charge < -0.3 is 9.47 Å². The highest BCUT2D eigenvalue weighted by molar-refractivity contribution is 6.30. The van der Waals surface area contributed by atoms with Crippen LogP contribution in [0.15, 0.2) is 53.6 Å². The number of nitrogens with one attached hydrogen (secondary N) is 1. The molecule has 2 aromatic rings. The lowest BCUT2D eigenvalue weighted by Gasteiger charge is -2.07. The van der Waals surface area contributed by atoms with Gasteiger partial charge in [0, 0.05) is 5.02 Å². The number of hydrazone groups is 1. The molecule has 1 amide bonds. The van der Waals surface area contributed by atoms with Crippen LogP contribution in [-0.4, -0.2) is 25.3 Å². The van der Waals surface area contributed by atoms with Crippen molar-refractivity contribution < 1.29 is 14.3 Å². The molecule has 2 rings (SSSR count). The minimum Gasteiger partial charge on any atom is -0.497 e. The van der Waals surface area contributed by atoms with E-state index in [0.29, 0.717) is 17.2 Å². The van der Waals surface area contributed by atoms with Crippen LogP contribution in [0.5, 0.6) is 11.5 Å². The van der Waals surface area contributed by atoms with Gasteiger partial charge in [0.2, 0.25) is 0 Å². The van der Waals surface area contributed by atoms with Crippen molar-refractivity contribution in [1.29, 1.82) is 0 Å². The Balaban J connectivity index is 1.89. The minimum atomic E-state index is -0.328. The van der Waals surface area contributed by atoms with Crippen LogP contribution in [0.3, 0.4) is 0 Å². The van der Waals surface area contributed by atoms with Gasteiger partial charge in [-0.3, -0.25) is 4.79 Å². The summed E-state index contributed by atoms with van der Waals surface area (Å²) in [6, 6.07) is 14.3. The maximum Gasteiger partial charge on any atom is 0.277 e. The van der Waals surface area contributed by atoms with Crippen molar-refractivity contribution in [2.24, 2.45) is 5.10 Å². The second-order valence-corrected chi connectivity index (χ2v) is 5.35. The lowest BCUT2D eigenvalue weighted by atomic mass is 10.1. The molecule has 6 heteroatoms. The maximum absolute atomic E-state index is 11.9. The Morgan fingerprint density at radius 3 is 2.29 bits per heavy atom. The van der Waals surface area contributed by atoms with E-state index in [1.54, 1.807) is 43.5 Å². The third-order valence-corrected chi connectivity index (χ3v) is 3.51. The molecule has 0 saturated heterocycles. The number of amides is 1. The Morgan fingerprint density at radius 1 is 1.08 bits per heavy atom. The van der Waals surface area contributed by atoms with Crippen LogP contribution in [-0.2, 0) is 4.79 Å². The average molecular weight is 347 g/mol. The molecule has 0 saturated carbocycles. The van der Waals surface area contributed by atoms with Crippen molar-refractivity contribution in [3.05, 3.63) is 59.1 Å². The fraction of sp³-hybridized carbons (Fsp3) is 0.222. The Labute approximate surface area is 146 Å². The highest BCUT2D eigenvalue weighted by Gasteiger charge is 2.05. The van der Waals surface area contributed by atoms with E-state index in [2.05, 4.69) is 10.5 Å². The van der Waals surface area contributed by atoms with Gasteiger partial charge >= 0.3 is 0 Å². The predicted octanol–water partition coefficient (Wildman–Crippen LogP) is 3.66. The third kappa shape index (κ3) is 5.28. The van der Waals surface area contributed by atoms with Gasteiger partial charge in [-0.1, -0.05) is 30.7 Å². The van der Waals surface area contributed by atoms with Crippen LogP contribution in [0.2, 0.25) is 5.02 Å². The zero-order valence-electron chi connectivity index (χ0n) is 13.6. The zero-order chi connectivity index (χ0) is 17.4. The first-order valence-corrected chi connectivity index (χ1v) is 7.88. The number of carbonyl (C=O) groups is 1. The van der Waals surface area contributed by atoms with Gasteiger partial charge in [0.1, 0.15) is 11.5 Å². The quantitative estimate of drug-likeness (QED) is 0.615. The highest BCUT2D eigenvalue weighted by Crippen LogP contribution is 2.16. The molecule has 0 fully saturated rings. The molecule has 0 aliphatic heterocycles. The average Bonchev–Trinajstić information content (AvgIpc) is 2.62. The van der Waals surface area contributed by atoms with Crippen LogP contribution in [0.4, 0.5) is 0 Å². The number of hydrogen-bond donors (Lipinski definition) is 1. The van der Waals surface area contributed by atoms with Crippen LogP contribution < -0.4 is 14.9 Å². The molecule has 0 aliphatic rings. The van der Waals surface area contributed by atoms with Crippen molar-refractivity contribution >= 4 is 23.2 Å². The molecular weight excluding hydrogens is 328 g/mol. The van der Waals surface area contributed by atoms with Gasteiger partial charge in [-0.25, -0.2) is 5.43 Å². The molecule has 0 atom stereocenters. The standard InChI is InChI=1S/C18H19ClN2O3/c1-3-17(13-4-6-14(19)7-5-13)20-21-18(22)12-24-16-10-8-15(23-2)9-11-16/h4-11H,3,12H2,1-2H3,(H,21,22)/b20-17+. The molecule has 0 aromatic heterocycles. The largest absolute Gasteiger partial charge is 0.497 e. The normalized spacial score (nSPS) is 11.0. The minimum absolute atomic E-state index is 0.118. The van der Waals surface area contributed by atoms with Gasteiger partial charge in [-0.2, -0.15) is 5.10 Å². The van der Waals surface area contributed by atoms with Crippen LogP contribution >= 0.6 is 11.6 Å². The number of ether oxygens (including phenoxy) is 2. The first-order valence-electron chi connectivity index (χ1n) is 7.50. The molecule has 1 N–H and O–H groups in total. The van der Waals surface area contributed by atoms with E-state index in [4.69, 9.17) is 21.1 Å². The van der Waals surface area contributed by atoms with Gasteiger partial charge in [-0.05, 0) is 48.4 Å². The summed E-state index contributed by atoms with van der Waals surface area (Å²) in [7, 11) is 1.59. The Bertz CT molecular complexity index is 697. The second kappa shape index (κ2) is 8.93. The van der Waals surface area contributed by atoms with Crippen molar-refractivity contribution in [3.63, 3.8) is 0 Å². The molecule has 0 heterocycles. The van der Waals surface area contributed by atoms with Crippen LogP contribution in [0.1, 0.15) is 18.9 Å². The Kier molecular flexibility index (Phi) is 6.63. The second-order valence-electron chi connectivity index (χ2n) is 4.92. The van der Waals surface area contributed by atoms with E-state index in [1.165, 1.54) is 0 Å². The van der Waals surface area contributed by atoms with Gasteiger partial charge in [0.15, 0.2) is 6.61 Å². The first kappa shape index (κ1) is 17.8.